The normalized spacial score (nSPS) is 26.5. The Labute approximate surface area is 151 Å². The Kier molecular flexibility index (Phi) is 4.64. The fraction of sp³-hybridized carbons (Fsp3) is 0.500. The zero-order valence-electron chi connectivity index (χ0n) is 14.7. The number of hydrogen-bond donors (Lipinski definition) is 1. The van der Waals surface area contributed by atoms with Crippen LogP contribution in [0.1, 0.15) is 19.5 Å². The summed E-state index contributed by atoms with van der Waals surface area (Å²) in [6.07, 6.45) is 1.17. The SMILES string of the molecule is Cc1cc(SCC2=C(C(=O)[O-])N3C(=O)[C@H]([C@@H](C)O)[C@H]3[C@H]2C)cc[n+]1C. The first-order valence-corrected chi connectivity index (χ1v) is 9.27. The molecule has 25 heavy (non-hydrogen) atoms. The van der Waals surface area contributed by atoms with Gasteiger partial charge in [-0.1, -0.05) is 6.92 Å². The molecule has 2 aliphatic heterocycles. The molecule has 0 bridgehead atoms. The van der Waals surface area contributed by atoms with E-state index in [1.54, 1.807) is 18.7 Å². The minimum Gasteiger partial charge on any atom is -0.543 e. The number of aliphatic hydroxyl groups is 1. The summed E-state index contributed by atoms with van der Waals surface area (Å²) in [6, 6.07) is 3.74. The third-order valence-electron chi connectivity index (χ3n) is 5.27. The van der Waals surface area contributed by atoms with Crippen molar-refractivity contribution in [3.05, 3.63) is 35.3 Å². The number of hydrogen-bond acceptors (Lipinski definition) is 5. The molecule has 1 amide bonds. The Morgan fingerprint density at radius 3 is 2.76 bits per heavy atom. The molecule has 1 N–H and O–H groups in total. The van der Waals surface area contributed by atoms with Crippen LogP contribution in [0.3, 0.4) is 0 Å². The van der Waals surface area contributed by atoms with Crippen LogP contribution >= 0.6 is 11.8 Å². The van der Waals surface area contributed by atoms with E-state index in [0.717, 1.165) is 10.6 Å². The van der Waals surface area contributed by atoms with Gasteiger partial charge in [-0.25, -0.2) is 4.57 Å². The Hall–Kier alpha value is -1.86. The van der Waals surface area contributed by atoms with E-state index in [-0.39, 0.29) is 23.6 Å². The van der Waals surface area contributed by atoms with Crippen molar-refractivity contribution in [3.8, 4) is 0 Å². The summed E-state index contributed by atoms with van der Waals surface area (Å²) in [5.41, 5.74) is 1.80. The van der Waals surface area contributed by atoms with Crippen LogP contribution in [0.25, 0.3) is 0 Å². The second-order valence-electron chi connectivity index (χ2n) is 6.82. The van der Waals surface area contributed by atoms with E-state index in [4.69, 9.17) is 0 Å². The predicted molar refractivity (Wildman–Crippen MR) is 90.1 cm³/mol. The summed E-state index contributed by atoms with van der Waals surface area (Å²) in [7, 11) is 1.96. The van der Waals surface area contributed by atoms with Gasteiger partial charge in [0.1, 0.15) is 7.05 Å². The standard InChI is InChI=1S/C18H22N2O4S/c1-9-7-12(5-6-19(9)4)25-8-13-10(2)15-14(11(3)21)17(22)20(15)16(13)18(23)24/h5-7,10-11,14-15,21H,8H2,1-4H3/t10-,11+,14+,15+/m0/s1. The molecule has 3 heterocycles. The molecule has 0 unspecified atom stereocenters. The first-order valence-electron chi connectivity index (χ1n) is 8.28. The predicted octanol–water partition coefficient (Wildman–Crippen LogP) is -0.227. The van der Waals surface area contributed by atoms with Gasteiger partial charge in [-0.05, 0) is 12.5 Å². The van der Waals surface area contributed by atoms with Crippen molar-refractivity contribution < 1.29 is 24.4 Å². The number of aromatic nitrogens is 1. The maximum absolute atomic E-state index is 12.3. The van der Waals surface area contributed by atoms with E-state index in [9.17, 15) is 19.8 Å². The minimum atomic E-state index is -1.32. The monoisotopic (exact) mass is 362 g/mol. The number of aliphatic carboxylic acids is 1. The molecule has 0 aromatic carbocycles. The number of carboxylic acids is 1. The van der Waals surface area contributed by atoms with E-state index in [1.807, 2.05) is 43.8 Å². The molecule has 0 radical (unpaired) electrons. The van der Waals surface area contributed by atoms with E-state index in [1.165, 1.54) is 4.90 Å². The van der Waals surface area contributed by atoms with E-state index < -0.39 is 18.0 Å². The Bertz CT molecular complexity index is 774. The van der Waals surface area contributed by atoms with Crippen molar-refractivity contribution >= 4 is 23.6 Å². The molecular weight excluding hydrogens is 340 g/mol. The average molecular weight is 362 g/mol. The number of thioether (sulfide) groups is 1. The van der Waals surface area contributed by atoms with Crippen LogP contribution in [0.5, 0.6) is 0 Å². The molecule has 134 valence electrons. The van der Waals surface area contributed by atoms with Gasteiger partial charge < -0.3 is 19.9 Å². The molecule has 0 saturated carbocycles. The van der Waals surface area contributed by atoms with Gasteiger partial charge in [-0.2, -0.15) is 0 Å². The van der Waals surface area contributed by atoms with Crippen molar-refractivity contribution in [1.82, 2.24) is 4.90 Å². The number of aryl methyl sites for hydroxylation is 2. The Morgan fingerprint density at radius 2 is 2.20 bits per heavy atom. The van der Waals surface area contributed by atoms with E-state index in [0.29, 0.717) is 11.3 Å². The quantitative estimate of drug-likeness (QED) is 0.444. The van der Waals surface area contributed by atoms with Gasteiger partial charge in [-0.3, -0.25) is 4.79 Å². The number of aliphatic hydroxyl groups excluding tert-OH is 1. The first kappa shape index (κ1) is 17.9. The van der Waals surface area contributed by atoms with Gasteiger partial charge in [0, 0.05) is 35.6 Å². The Morgan fingerprint density at radius 1 is 1.52 bits per heavy atom. The molecule has 6 nitrogen and oxygen atoms in total. The summed E-state index contributed by atoms with van der Waals surface area (Å²) < 4.78 is 2.01. The lowest BCUT2D eigenvalue weighted by atomic mass is 9.78. The van der Waals surface area contributed by atoms with E-state index >= 15 is 0 Å². The number of nitrogens with zero attached hydrogens (tertiary/aromatic N) is 2. The third-order valence-corrected chi connectivity index (χ3v) is 6.32. The fourth-order valence-corrected chi connectivity index (χ4v) is 4.87. The van der Waals surface area contributed by atoms with Gasteiger partial charge in [0.15, 0.2) is 11.9 Å². The largest absolute Gasteiger partial charge is 0.543 e. The Balaban J connectivity index is 1.85. The van der Waals surface area contributed by atoms with Crippen molar-refractivity contribution in [1.29, 1.82) is 0 Å². The first-order chi connectivity index (χ1) is 11.7. The number of β-lactam (4-membered cyclic amide) rings is 1. The molecule has 0 aliphatic carbocycles. The molecular formula is C18H22N2O4S. The topological polar surface area (TPSA) is 84.5 Å². The molecule has 3 rings (SSSR count). The molecule has 1 saturated heterocycles. The second kappa shape index (κ2) is 6.46. The van der Waals surface area contributed by atoms with Crippen molar-refractivity contribution in [2.45, 2.75) is 37.8 Å². The second-order valence-corrected chi connectivity index (χ2v) is 7.87. The summed E-state index contributed by atoms with van der Waals surface area (Å²) in [5.74, 6) is -1.82. The van der Waals surface area contributed by atoms with Crippen molar-refractivity contribution in [2.75, 3.05) is 5.75 Å². The van der Waals surface area contributed by atoms with Gasteiger partial charge >= 0.3 is 0 Å². The number of carbonyl (C=O) groups is 2. The molecule has 1 aromatic heterocycles. The van der Waals surface area contributed by atoms with E-state index in [2.05, 4.69) is 0 Å². The van der Waals surface area contributed by atoms with Gasteiger partial charge in [0.05, 0.1) is 29.7 Å². The molecule has 2 aliphatic rings. The zero-order valence-corrected chi connectivity index (χ0v) is 15.5. The minimum absolute atomic E-state index is 0.00916. The fourth-order valence-electron chi connectivity index (χ4n) is 3.73. The summed E-state index contributed by atoms with van der Waals surface area (Å²) in [6.45, 7) is 5.50. The number of rotatable bonds is 5. The lowest BCUT2D eigenvalue weighted by Gasteiger charge is -2.47. The molecule has 1 fully saturated rings. The van der Waals surface area contributed by atoms with Crippen molar-refractivity contribution in [3.63, 3.8) is 0 Å². The highest BCUT2D eigenvalue weighted by molar-refractivity contribution is 7.99. The van der Waals surface area contributed by atoms with Crippen LogP contribution < -0.4 is 9.67 Å². The number of fused-ring (bicyclic) bond motifs is 1. The molecule has 1 aromatic rings. The lowest BCUT2D eigenvalue weighted by molar-refractivity contribution is -0.678. The molecule has 4 atom stereocenters. The summed E-state index contributed by atoms with van der Waals surface area (Å²) >= 11 is 1.55. The maximum Gasteiger partial charge on any atom is 0.235 e. The van der Waals surface area contributed by atoms with Gasteiger partial charge in [0.2, 0.25) is 5.91 Å². The highest BCUT2D eigenvalue weighted by Gasteiger charge is 2.58. The number of amides is 1. The summed E-state index contributed by atoms with van der Waals surface area (Å²) in [5, 5.41) is 21.5. The highest BCUT2D eigenvalue weighted by atomic mass is 32.2. The summed E-state index contributed by atoms with van der Waals surface area (Å²) in [4.78, 5) is 26.3. The van der Waals surface area contributed by atoms with Crippen LogP contribution in [0.2, 0.25) is 0 Å². The number of carboxylic acid groups (broad SMARTS) is 1. The van der Waals surface area contributed by atoms with Crippen LogP contribution in [0, 0.1) is 18.8 Å². The maximum atomic E-state index is 12.3. The molecule has 7 heteroatoms. The van der Waals surface area contributed by atoms with Crippen LogP contribution in [0.15, 0.2) is 34.5 Å². The molecule has 0 spiro atoms. The van der Waals surface area contributed by atoms with Crippen LogP contribution in [-0.4, -0.2) is 39.8 Å². The van der Waals surface area contributed by atoms with Gasteiger partial charge in [-0.15, -0.1) is 11.8 Å². The lowest BCUT2D eigenvalue weighted by Crippen LogP contribution is -2.64. The van der Waals surface area contributed by atoms with Gasteiger partial charge in [0.25, 0.3) is 0 Å². The number of pyridine rings is 1. The average Bonchev–Trinajstić information content (AvgIpc) is 2.77. The third kappa shape index (κ3) is 2.85. The zero-order chi connectivity index (χ0) is 18.5. The van der Waals surface area contributed by atoms with Crippen LogP contribution in [0.4, 0.5) is 0 Å². The smallest absolute Gasteiger partial charge is 0.235 e. The number of carbonyl (C=O) groups excluding carboxylic acids is 2. The van der Waals surface area contributed by atoms with Crippen molar-refractivity contribution in [2.24, 2.45) is 18.9 Å². The van der Waals surface area contributed by atoms with Crippen LogP contribution in [-0.2, 0) is 16.6 Å². The highest BCUT2D eigenvalue weighted by Crippen LogP contribution is 2.47.